The smallest absolute Gasteiger partial charge is 0.227 e. The molecule has 1 saturated carbocycles. The molecule has 1 heterocycles. The van der Waals surface area contributed by atoms with Gasteiger partial charge in [0.1, 0.15) is 0 Å². The highest BCUT2D eigenvalue weighted by Crippen LogP contribution is 2.28. The van der Waals surface area contributed by atoms with Gasteiger partial charge >= 0.3 is 0 Å². The van der Waals surface area contributed by atoms with E-state index in [2.05, 4.69) is 10.6 Å². The molecule has 0 aromatic heterocycles. The van der Waals surface area contributed by atoms with Crippen molar-refractivity contribution in [3.63, 3.8) is 0 Å². The summed E-state index contributed by atoms with van der Waals surface area (Å²) in [4.78, 5) is 11.9. The second kappa shape index (κ2) is 4.10. The lowest BCUT2D eigenvalue weighted by Crippen LogP contribution is -2.45. The lowest BCUT2D eigenvalue weighted by atomic mass is 9.82. The first-order valence-electron chi connectivity index (χ1n) is 5.77. The molecule has 4 nitrogen and oxygen atoms in total. The lowest BCUT2D eigenvalue weighted by Gasteiger charge is -2.32. The minimum atomic E-state index is -0.220. The number of amides is 1. The van der Waals surface area contributed by atoms with Crippen LogP contribution in [-0.2, 0) is 4.79 Å². The maximum absolute atomic E-state index is 11.9. The Hall–Kier alpha value is -0.610. The van der Waals surface area contributed by atoms with E-state index in [0.717, 1.165) is 38.9 Å². The number of hydrogen-bond acceptors (Lipinski definition) is 3. The standard InChI is InChI=1S/C11H20N2O2/c1-11(2-3-12-7-11)10(15)13-6-8-4-9(14)5-8/h8-9,12,14H,2-7H2,1H3,(H,13,15). The summed E-state index contributed by atoms with van der Waals surface area (Å²) in [6, 6.07) is 0. The van der Waals surface area contributed by atoms with Crippen molar-refractivity contribution in [1.82, 2.24) is 10.6 Å². The van der Waals surface area contributed by atoms with Crippen LogP contribution in [0.1, 0.15) is 26.2 Å². The first kappa shape index (κ1) is 10.9. The largest absolute Gasteiger partial charge is 0.393 e. The lowest BCUT2D eigenvalue weighted by molar-refractivity contribution is -0.129. The van der Waals surface area contributed by atoms with Gasteiger partial charge in [0.2, 0.25) is 5.91 Å². The number of aliphatic hydroxyl groups is 1. The van der Waals surface area contributed by atoms with Gasteiger partial charge in [-0.05, 0) is 38.6 Å². The fourth-order valence-electron chi connectivity index (χ4n) is 2.33. The van der Waals surface area contributed by atoms with Crippen molar-refractivity contribution >= 4 is 5.91 Å². The van der Waals surface area contributed by atoms with Gasteiger partial charge in [-0.25, -0.2) is 0 Å². The van der Waals surface area contributed by atoms with Crippen LogP contribution in [0.2, 0.25) is 0 Å². The topological polar surface area (TPSA) is 61.4 Å². The van der Waals surface area contributed by atoms with E-state index in [9.17, 15) is 4.79 Å². The molecule has 0 radical (unpaired) electrons. The third kappa shape index (κ3) is 2.32. The van der Waals surface area contributed by atoms with E-state index >= 15 is 0 Å². The Morgan fingerprint density at radius 1 is 1.60 bits per heavy atom. The van der Waals surface area contributed by atoms with Crippen LogP contribution in [0.3, 0.4) is 0 Å². The highest BCUT2D eigenvalue weighted by atomic mass is 16.3. The van der Waals surface area contributed by atoms with Gasteiger partial charge in [-0.1, -0.05) is 0 Å². The molecular formula is C11H20N2O2. The highest BCUT2D eigenvalue weighted by molar-refractivity contribution is 5.82. The van der Waals surface area contributed by atoms with E-state index < -0.39 is 0 Å². The zero-order valence-electron chi connectivity index (χ0n) is 9.25. The van der Waals surface area contributed by atoms with E-state index in [4.69, 9.17) is 5.11 Å². The molecule has 3 N–H and O–H groups in total. The zero-order chi connectivity index (χ0) is 10.9. The molecule has 0 bridgehead atoms. The monoisotopic (exact) mass is 212 g/mol. The first-order chi connectivity index (χ1) is 7.10. The van der Waals surface area contributed by atoms with Crippen molar-refractivity contribution in [1.29, 1.82) is 0 Å². The molecule has 1 unspecified atom stereocenters. The molecule has 2 aliphatic rings. The second-order valence-corrected chi connectivity index (χ2v) is 5.19. The average molecular weight is 212 g/mol. The molecule has 86 valence electrons. The Morgan fingerprint density at radius 2 is 2.33 bits per heavy atom. The summed E-state index contributed by atoms with van der Waals surface area (Å²) in [6.07, 6.45) is 2.48. The van der Waals surface area contributed by atoms with Crippen LogP contribution < -0.4 is 10.6 Å². The summed E-state index contributed by atoms with van der Waals surface area (Å²) in [5.74, 6) is 0.649. The molecule has 15 heavy (non-hydrogen) atoms. The Kier molecular flexibility index (Phi) is 2.98. The van der Waals surface area contributed by atoms with E-state index in [0.29, 0.717) is 5.92 Å². The predicted molar refractivity (Wildman–Crippen MR) is 57.3 cm³/mol. The van der Waals surface area contributed by atoms with E-state index in [-0.39, 0.29) is 17.4 Å². The Morgan fingerprint density at radius 3 is 2.87 bits per heavy atom. The molecule has 2 fully saturated rings. The molecule has 1 amide bonds. The van der Waals surface area contributed by atoms with Crippen molar-refractivity contribution < 1.29 is 9.90 Å². The van der Waals surface area contributed by atoms with Crippen LogP contribution in [0.25, 0.3) is 0 Å². The minimum absolute atomic E-state index is 0.129. The molecule has 0 aromatic rings. The van der Waals surface area contributed by atoms with Crippen LogP contribution in [0, 0.1) is 11.3 Å². The zero-order valence-corrected chi connectivity index (χ0v) is 9.25. The predicted octanol–water partition coefficient (Wildman–Crippen LogP) is -0.127. The van der Waals surface area contributed by atoms with Gasteiger partial charge in [0.15, 0.2) is 0 Å². The van der Waals surface area contributed by atoms with E-state index in [1.807, 2.05) is 6.92 Å². The SMILES string of the molecule is CC1(C(=O)NCC2CC(O)C2)CCNC1. The molecule has 1 atom stereocenters. The fraction of sp³-hybridized carbons (Fsp3) is 0.909. The van der Waals surface area contributed by atoms with Gasteiger partial charge in [-0.15, -0.1) is 0 Å². The third-order valence-corrected chi connectivity index (χ3v) is 3.68. The van der Waals surface area contributed by atoms with Crippen molar-refractivity contribution in [3.8, 4) is 0 Å². The summed E-state index contributed by atoms with van der Waals surface area (Å²) < 4.78 is 0. The molecule has 0 aromatic carbocycles. The number of nitrogens with one attached hydrogen (secondary N) is 2. The van der Waals surface area contributed by atoms with Crippen molar-refractivity contribution in [2.75, 3.05) is 19.6 Å². The van der Waals surface area contributed by atoms with Crippen LogP contribution >= 0.6 is 0 Å². The molecule has 2 rings (SSSR count). The molecule has 1 aliphatic carbocycles. The van der Waals surface area contributed by atoms with Gasteiger partial charge < -0.3 is 15.7 Å². The fourth-order valence-corrected chi connectivity index (χ4v) is 2.33. The summed E-state index contributed by atoms with van der Waals surface area (Å²) in [5.41, 5.74) is -0.220. The van der Waals surface area contributed by atoms with Crippen molar-refractivity contribution in [3.05, 3.63) is 0 Å². The van der Waals surface area contributed by atoms with Gasteiger partial charge in [-0.2, -0.15) is 0 Å². The maximum atomic E-state index is 11.9. The van der Waals surface area contributed by atoms with Crippen LogP contribution in [0.4, 0.5) is 0 Å². The van der Waals surface area contributed by atoms with E-state index in [1.54, 1.807) is 0 Å². The number of carbonyl (C=O) groups excluding carboxylic acids is 1. The average Bonchev–Trinajstić information content (AvgIpc) is 2.59. The van der Waals surface area contributed by atoms with Gasteiger partial charge in [0, 0.05) is 13.1 Å². The Bertz CT molecular complexity index is 243. The Balaban J connectivity index is 1.72. The van der Waals surface area contributed by atoms with Gasteiger partial charge in [0.25, 0.3) is 0 Å². The van der Waals surface area contributed by atoms with Crippen LogP contribution in [0.15, 0.2) is 0 Å². The Labute approximate surface area is 90.4 Å². The number of hydrogen-bond donors (Lipinski definition) is 3. The summed E-state index contributed by atoms with van der Waals surface area (Å²) in [5, 5.41) is 15.3. The molecule has 0 spiro atoms. The van der Waals surface area contributed by atoms with Crippen LogP contribution in [-0.4, -0.2) is 36.8 Å². The van der Waals surface area contributed by atoms with Crippen molar-refractivity contribution in [2.45, 2.75) is 32.3 Å². The van der Waals surface area contributed by atoms with Crippen molar-refractivity contribution in [2.24, 2.45) is 11.3 Å². The summed E-state index contributed by atoms with van der Waals surface area (Å²) in [7, 11) is 0. The van der Waals surface area contributed by atoms with Gasteiger partial charge in [0.05, 0.1) is 11.5 Å². The number of carbonyl (C=O) groups is 1. The first-order valence-corrected chi connectivity index (χ1v) is 5.77. The molecule has 4 heteroatoms. The second-order valence-electron chi connectivity index (χ2n) is 5.19. The number of aliphatic hydroxyl groups excluding tert-OH is 1. The molecular weight excluding hydrogens is 192 g/mol. The summed E-state index contributed by atoms with van der Waals surface area (Å²) in [6.45, 7) is 4.46. The quantitative estimate of drug-likeness (QED) is 0.611. The number of rotatable bonds is 3. The maximum Gasteiger partial charge on any atom is 0.227 e. The molecule has 1 aliphatic heterocycles. The van der Waals surface area contributed by atoms with Crippen LogP contribution in [0.5, 0.6) is 0 Å². The molecule has 1 saturated heterocycles. The normalized spacial score (nSPS) is 39.9. The minimum Gasteiger partial charge on any atom is -0.393 e. The van der Waals surface area contributed by atoms with Gasteiger partial charge in [-0.3, -0.25) is 4.79 Å². The highest BCUT2D eigenvalue weighted by Gasteiger charge is 2.37. The summed E-state index contributed by atoms with van der Waals surface area (Å²) >= 11 is 0. The van der Waals surface area contributed by atoms with E-state index in [1.165, 1.54) is 0 Å². The third-order valence-electron chi connectivity index (χ3n) is 3.68.